The van der Waals surface area contributed by atoms with Crippen LogP contribution in [0, 0.1) is 17.6 Å². The van der Waals surface area contributed by atoms with Crippen molar-refractivity contribution in [2.45, 2.75) is 44.9 Å². The Morgan fingerprint density at radius 1 is 1.06 bits per heavy atom. The van der Waals surface area contributed by atoms with Crippen molar-refractivity contribution in [3.63, 3.8) is 0 Å². The van der Waals surface area contributed by atoms with Crippen molar-refractivity contribution in [3.8, 4) is 10.4 Å². The third kappa shape index (κ3) is 6.63. The number of anilines is 2. The van der Waals surface area contributed by atoms with E-state index in [1.165, 1.54) is 6.07 Å². The van der Waals surface area contributed by atoms with Crippen molar-refractivity contribution in [2.75, 3.05) is 17.2 Å². The molecule has 0 aliphatic heterocycles. The second kappa shape index (κ2) is 11.4. The lowest BCUT2D eigenvalue weighted by Gasteiger charge is -2.26. The maximum absolute atomic E-state index is 13.7. The number of carbonyl (C=O) groups is 2. The summed E-state index contributed by atoms with van der Waals surface area (Å²) in [6.45, 7) is 2.25. The lowest BCUT2D eigenvalue weighted by molar-refractivity contribution is -0.144. The maximum atomic E-state index is 13.7. The second-order valence-electron chi connectivity index (χ2n) is 8.57. The van der Waals surface area contributed by atoms with Crippen molar-refractivity contribution in [1.29, 1.82) is 0 Å². The Morgan fingerprint density at radius 3 is 2.49 bits per heavy atom. The van der Waals surface area contributed by atoms with Crippen molar-refractivity contribution in [2.24, 2.45) is 5.92 Å². The van der Waals surface area contributed by atoms with E-state index in [4.69, 9.17) is 4.74 Å². The number of hydrogen-bond donors (Lipinski definition) is 2. The van der Waals surface area contributed by atoms with Crippen LogP contribution >= 0.6 is 11.3 Å². The summed E-state index contributed by atoms with van der Waals surface area (Å²) >= 11 is 1.67. The number of halogens is 2. The molecule has 3 aromatic rings. The van der Waals surface area contributed by atoms with Gasteiger partial charge < -0.3 is 15.4 Å². The standard InChI is InChI=1S/C26H27F2N3O3S/c1-2-34-24(32)13-16-3-5-18(6-4-16)25-29-15-23(35-25)17-7-10-20(11-8-17)30-26(33)31-22-12-9-19(27)14-21(22)28/h7-12,14-16,18H,2-6,13H2,1H3,(H2,30,31,33). The van der Waals surface area contributed by atoms with E-state index in [1.807, 2.05) is 25.3 Å². The molecule has 1 aromatic heterocycles. The van der Waals surface area contributed by atoms with Gasteiger partial charge in [0.05, 0.1) is 22.2 Å². The van der Waals surface area contributed by atoms with Crippen LogP contribution < -0.4 is 10.6 Å². The number of urea groups is 1. The minimum atomic E-state index is -0.844. The third-order valence-electron chi connectivity index (χ3n) is 6.09. The molecule has 9 heteroatoms. The third-order valence-corrected chi connectivity index (χ3v) is 7.30. The van der Waals surface area contributed by atoms with Gasteiger partial charge in [-0.15, -0.1) is 11.3 Å². The van der Waals surface area contributed by atoms with Crippen LogP contribution in [0.25, 0.3) is 10.4 Å². The Kier molecular flexibility index (Phi) is 8.07. The number of amides is 2. The highest BCUT2D eigenvalue weighted by atomic mass is 32.1. The molecule has 1 saturated carbocycles. The average molecular weight is 500 g/mol. The first-order valence-corrected chi connectivity index (χ1v) is 12.5. The molecule has 6 nitrogen and oxygen atoms in total. The fourth-order valence-corrected chi connectivity index (χ4v) is 5.36. The molecule has 4 rings (SSSR count). The molecule has 0 bridgehead atoms. The van der Waals surface area contributed by atoms with E-state index >= 15 is 0 Å². The first-order chi connectivity index (χ1) is 16.9. The predicted octanol–water partition coefficient (Wildman–Crippen LogP) is 6.96. The number of thiazole rings is 1. The molecule has 0 spiro atoms. The van der Waals surface area contributed by atoms with Crippen LogP contribution in [0.4, 0.5) is 25.0 Å². The number of ether oxygens (including phenoxy) is 1. The zero-order valence-corrected chi connectivity index (χ0v) is 20.2. The number of aromatic nitrogens is 1. The summed E-state index contributed by atoms with van der Waals surface area (Å²) in [4.78, 5) is 29.6. The van der Waals surface area contributed by atoms with Gasteiger partial charge in [0, 0.05) is 30.3 Å². The SMILES string of the molecule is CCOC(=O)CC1CCC(c2ncc(-c3ccc(NC(=O)Nc4ccc(F)cc4F)cc3)s2)CC1. The molecule has 0 radical (unpaired) electrons. The molecular formula is C26H27F2N3O3S. The Hall–Kier alpha value is -3.33. The smallest absolute Gasteiger partial charge is 0.323 e. The van der Waals surface area contributed by atoms with E-state index in [0.29, 0.717) is 36.6 Å². The second-order valence-corrected chi connectivity index (χ2v) is 9.63. The number of carbonyl (C=O) groups excluding carboxylic acids is 2. The summed E-state index contributed by atoms with van der Waals surface area (Å²) in [6.07, 6.45) is 6.41. The summed E-state index contributed by atoms with van der Waals surface area (Å²) in [7, 11) is 0. The summed E-state index contributed by atoms with van der Waals surface area (Å²) in [5.41, 5.74) is 1.42. The Balaban J connectivity index is 1.30. The van der Waals surface area contributed by atoms with Crippen molar-refractivity contribution >= 4 is 34.7 Å². The highest BCUT2D eigenvalue weighted by Gasteiger charge is 2.26. The number of nitrogens with zero attached hydrogens (tertiary/aromatic N) is 1. The molecule has 1 heterocycles. The number of hydrogen-bond acceptors (Lipinski definition) is 5. The van der Waals surface area contributed by atoms with Crippen LogP contribution in [0.2, 0.25) is 0 Å². The minimum absolute atomic E-state index is 0.104. The van der Waals surface area contributed by atoms with Crippen LogP contribution in [0.3, 0.4) is 0 Å². The molecule has 0 unspecified atom stereocenters. The zero-order valence-electron chi connectivity index (χ0n) is 19.4. The molecule has 35 heavy (non-hydrogen) atoms. The number of nitrogens with one attached hydrogen (secondary N) is 2. The molecule has 2 amide bonds. The van der Waals surface area contributed by atoms with Crippen molar-refractivity contribution in [1.82, 2.24) is 4.98 Å². The fourth-order valence-electron chi connectivity index (χ4n) is 4.27. The molecular weight excluding hydrogens is 472 g/mol. The van der Waals surface area contributed by atoms with Crippen molar-refractivity contribution < 1.29 is 23.1 Å². The Morgan fingerprint density at radius 2 is 1.80 bits per heavy atom. The summed E-state index contributed by atoms with van der Waals surface area (Å²) in [5.74, 6) is -0.864. The van der Waals surface area contributed by atoms with Crippen LogP contribution in [0.1, 0.15) is 50.0 Å². The highest BCUT2D eigenvalue weighted by Crippen LogP contribution is 2.40. The lowest BCUT2D eigenvalue weighted by atomic mass is 9.81. The monoisotopic (exact) mass is 499 g/mol. The number of rotatable bonds is 7. The normalized spacial score (nSPS) is 17.6. The fraction of sp³-hybridized carbons (Fsp3) is 0.346. The summed E-state index contributed by atoms with van der Waals surface area (Å²) in [5, 5.41) is 6.11. The molecule has 1 fully saturated rings. The van der Waals surface area contributed by atoms with Gasteiger partial charge in [-0.2, -0.15) is 0 Å². The van der Waals surface area contributed by atoms with Gasteiger partial charge in [-0.3, -0.25) is 4.79 Å². The first kappa shape index (κ1) is 24.8. The lowest BCUT2D eigenvalue weighted by Crippen LogP contribution is -2.20. The van der Waals surface area contributed by atoms with Crippen LogP contribution in [-0.4, -0.2) is 23.6 Å². The van der Waals surface area contributed by atoms with Crippen molar-refractivity contribution in [3.05, 3.63) is 65.3 Å². The maximum Gasteiger partial charge on any atom is 0.323 e. The minimum Gasteiger partial charge on any atom is -0.466 e. The quantitative estimate of drug-likeness (QED) is 0.345. The van der Waals surface area contributed by atoms with Crippen LogP contribution in [-0.2, 0) is 9.53 Å². The topological polar surface area (TPSA) is 80.3 Å². The summed E-state index contributed by atoms with van der Waals surface area (Å²) in [6, 6.07) is 9.63. The molecule has 184 valence electrons. The van der Waals surface area contributed by atoms with Gasteiger partial charge in [0.1, 0.15) is 11.6 Å². The van der Waals surface area contributed by atoms with Gasteiger partial charge in [0.2, 0.25) is 0 Å². The van der Waals surface area contributed by atoms with E-state index < -0.39 is 17.7 Å². The molecule has 0 atom stereocenters. The van der Waals surface area contributed by atoms with Gasteiger partial charge in [0.25, 0.3) is 0 Å². The van der Waals surface area contributed by atoms with E-state index in [2.05, 4.69) is 15.6 Å². The van der Waals surface area contributed by atoms with Gasteiger partial charge in [-0.25, -0.2) is 18.6 Å². The van der Waals surface area contributed by atoms with Gasteiger partial charge >= 0.3 is 12.0 Å². The van der Waals surface area contributed by atoms with Crippen LogP contribution in [0.5, 0.6) is 0 Å². The van der Waals surface area contributed by atoms with Gasteiger partial charge in [-0.05, 0) is 68.4 Å². The first-order valence-electron chi connectivity index (χ1n) is 11.7. The van der Waals surface area contributed by atoms with Gasteiger partial charge in [0.15, 0.2) is 0 Å². The molecule has 1 aliphatic rings. The Labute approximate surface area is 206 Å². The van der Waals surface area contributed by atoms with Gasteiger partial charge in [-0.1, -0.05) is 12.1 Å². The molecule has 1 aliphatic carbocycles. The molecule has 2 N–H and O–H groups in total. The van der Waals surface area contributed by atoms with E-state index in [-0.39, 0.29) is 11.7 Å². The largest absolute Gasteiger partial charge is 0.466 e. The Bertz CT molecular complexity index is 1170. The van der Waals surface area contributed by atoms with E-state index in [9.17, 15) is 18.4 Å². The predicted molar refractivity (Wildman–Crippen MR) is 132 cm³/mol. The highest BCUT2D eigenvalue weighted by molar-refractivity contribution is 7.15. The average Bonchev–Trinajstić information content (AvgIpc) is 3.32. The molecule has 2 aromatic carbocycles. The number of esters is 1. The molecule has 0 saturated heterocycles. The summed E-state index contributed by atoms with van der Waals surface area (Å²) < 4.78 is 31.8. The van der Waals surface area contributed by atoms with E-state index in [1.54, 1.807) is 23.5 Å². The van der Waals surface area contributed by atoms with Crippen LogP contribution in [0.15, 0.2) is 48.7 Å². The number of benzene rings is 2. The van der Waals surface area contributed by atoms with E-state index in [0.717, 1.165) is 47.2 Å². The zero-order chi connectivity index (χ0) is 24.8.